The molecule has 0 amide bonds. The molecule has 0 saturated carbocycles. The highest BCUT2D eigenvalue weighted by Gasteiger charge is 3.00. The van der Waals surface area contributed by atoms with E-state index in [4.69, 9.17) is 0 Å². The van der Waals surface area contributed by atoms with E-state index in [0.29, 0.717) is 0 Å². The van der Waals surface area contributed by atoms with Crippen LogP contribution in [0.15, 0.2) is 0 Å². The molecule has 0 bridgehead atoms. The van der Waals surface area contributed by atoms with Gasteiger partial charge in [-0.2, -0.15) is 70.2 Å². The molecule has 0 rings (SSSR count). The van der Waals surface area contributed by atoms with Crippen molar-refractivity contribution in [3.63, 3.8) is 0 Å². The standard InChI is InChI=1S/C8HF17O3S/c9-1(5(14,15)16,4(12,13)8(23,24)25)3(10,11)2(6(17,18)19,7(20,21)22)29(26,27)28/h(H,26,27,28)/p-1. The molecule has 0 aliphatic rings. The minimum absolute atomic E-state index is 8.25. The molecule has 29 heavy (non-hydrogen) atoms. The van der Waals surface area contributed by atoms with E-state index in [1.165, 1.54) is 0 Å². The Bertz CT molecular complexity index is 708. The quantitative estimate of drug-likeness (QED) is 0.423. The van der Waals surface area contributed by atoms with E-state index in [0.717, 1.165) is 0 Å². The van der Waals surface area contributed by atoms with Crippen LogP contribution in [0.4, 0.5) is 74.6 Å². The molecule has 0 aromatic carbocycles. The molecule has 0 radical (unpaired) electrons. The summed E-state index contributed by atoms with van der Waals surface area (Å²) in [4.78, 5) is 0. The third kappa shape index (κ3) is 3.26. The first-order chi connectivity index (χ1) is 12.0. The van der Waals surface area contributed by atoms with Crippen LogP contribution >= 0.6 is 0 Å². The predicted molar refractivity (Wildman–Crippen MR) is 50.4 cm³/mol. The largest absolute Gasteiger partial charge is 0.747 e. The number of alkyl halides is 17. The molecule has 0 N–H and O–H groups in total. The topological polar surface area (TPSA) is 57.2 Å². The van der Waals surface area contributed by atoms with Gasteiger partial charge in [0, 0.05) is 0 Å². The van der Waals surface area contributed by atoms with Gasteiger partial charge in [-0.15, -0.1) is 0 Å². The fourth-order valence-electron chi connectivity index (χ4n) is 1.95. The molecule has 176 valence electrons. The maximum atomic E-state index is 13.7. The monoisotopic (exact) mass is 499 g/mol. The van der Waals surface area contributed by atoms with Crippen molar-refractivity contribution in [2.45, 2.75) is 47.0 Å². The smallest absolute Gasteiger partial charge is 0.457 e. The van der Waals surface area contributed by atoms with Crippen molar-refractivity contribution >= 4 is 10.1 Å². The number of halogens is 17. The van der Waals surface area contributed by atoms with Crippen LogP contribution in [0.5, 0.6) is 0 Å². The first kappa shape index (κ1) is 27.7. The van der Waals surface area contributed by atoms with Gasteiger partial charge in [0.1, 0.15) is 10.1 Å². The normalized spacial score (nSPS) is 18.6. The lowest BCUT2D eigenvalue weighted by molar-refractivity contribution is -0.448. The van der Waals surface area contributed by atoms with Gasteiger partial charge in [0.2, 0.25) is 0 Å². The fourth-order valence-corrected chi connectivity index (χ4v) is 2.97. The number of hydrogen-bond acceptors (Lipinski definition) is 3. The minimum atomic E-state index is -9.37. The van der Waals surface area contributed by atoms with Crippen molar-refractivity contribution in [2.24, 2.45) is 0 Å². The second-order valence-electron chi connectivity index (χ2n) is 4.93. The van der Waals surface area contributed by atoms with Gasteiger partial charge in [-0.05, 0) is 0 Å². The average molecular weight is 499 g/mol. The van der Waals surface area contributed by atoms with Crippen molar-refractivity contribution < 1.29 is 87.6 Å². The lowest BCUT2D eigenvalue weighted by atomic mass is 9.79. The second-order valence-corrected chi connectivity index (χ2v) is 6.45. The summed E-state index contributed by atoms with van der Waals surface area (Å²) in [6.45, 7) is 0. The molecular weight excluding hydrogens is 499 g/mol. The molecule has 0 aliphatic heterocycles. The Morgan fingerprint density at radius 1 is 0.448 bits per heavy atom. The lowest BCUT2D eigenvalue weighted by Crippen LogP contribution is -2.83. The zero-order valence-corrected chi connectivity index (χ0v) is 12.9. The Hall–Kier alpha value is -1.28. The van der Waals surface area contributed by atoms with Gasteiger partial charge in [0.25, 0.3) is 0 Å². The van der Waals surface area contributed by atoms with Crippen LogP contribution in [0.25, 0.3) is 0 Å². The summed E-state index contributed by atoms with van der Waals surface area (Å²) < 4.78 is 239. The Kier molecular flexibility index (Phi) is 6.08. The minimum Gasteiger partial charge on any atom is -0.747 e. The van der Waals surface area contributed by atoms with Crippen LogP contribution in [0.2, 0.25) is 0 Å². The molecule has 0 aromatic rings. The molecule has 21 heteroatoms. The Morgan fingerprint density at radius 2 is 0.724 bits per heavy atom. The highest BCUT2D eigenvalue weighted by atomic mass is 32.2. The SMILES string of the molecule is O=S(=O)([O-])C(C(F)(F)F)(C(F)(F)F)C(F)(F)C(F)(C(F)(F)F)C(F)(F)C(F)(F)F. The number of hydrogen-bond donors (Lipinski definition) is 0. The van der Waals surface area contributed by atoms with Crippen LogP contribution in [-0.4, -0.2) is 59.9 Å². The van der Waals surface area contributed by atoms with Crippen LogP contribution in [0, 0.1) is 0 Å². The third-order valence-electron chi connectivity index (χ3n) is 3.23. The summed E-state index contributed by atoms with van der Waals surface area (Å²) in [5.41, 5.74) is -9.24. The molecule has 0 aromatic heterocycles. The summed E-state index contributed by atoms with van der Waals surface area (Å²) in [6, 6.07) is 0. The molecule has 1 atom stereocenters. The Balaban J connectivity index is 8.03. The Morgan fingerprint density at radius 3 is 0.862 bits per heavy atom. The van der Waals surface area contributed by atoms with Gasteiger partial charge in [-0.1, -0.05) is 0 Å². The van der Waals surface area contributed by atoms with Crippen LogP contribution in [-0.2, 0) is 10.1 Å². The maximum Gasteiger partial charge on any atom is 0.457 e. The van der Waals surface area contributed by atoms with Crippen LogP contribution < -0.4 is 0 Å². The molecular formula is C8F17O3S-. The molecule has 0 spiro atoms. The van der Waals surface area contributed by atoms with Crippen molar-refractivity contribution in [3.8, 4) is 0 Å². The Labute approximate surface area is 146 Å². The first-order valence-electron chi connectivity index (χ1n) is 5.67. The maximum absolute atomic E-state index is 13.7. The molecule has 3 nitrogen and oxygen atoms in total. The second kappa shape index (κ2) is 6.36. The predicted octanol–water partition coefficient (Wildman–Crippen LogP) is 4.50. The zero-order chi connectivity index (χ0) is 24.5. The van der Waals surface area contributed by atoms with Gasteiger partial charge in [0.15, 0.2) is 0 Å². The summed E-state index contributed by atoms with van der Waals surface area (Å²) in [7, 11) is -9.14. The highest BCUT2D eigenvalue weighted by molar-refractivity contribution is 7.87. The number of rotatable bonds is 4. The molecule has 0 aliphatic carbocycles. The van der Waals surface area contributed by atoms with E-state index in [1.54, 1.807) is 0 Å². The van der Waals surface area contributed by atoms with E-state index >= 15 is 0 Å². The zero-order valence-electron chi connectivity index (χ0n) is 12.1. The van der Waals surface area contributed by atoms with Gasteiger partial charge in [-0.25, -0.2) is 12.8 Å². The summed E-state index contributed by atoms with van der Waals surface area (Å²) in [5, 5.41) is 0. The van der Waals surface area contributed by atoms with E-state index in [1.807, 2.05) is 0 Å². The van der Waals surface area contributed by atoms with Crippen LogP contribution in [0.1, 0.15) is 0 Å². The van der Waals surface area contributed by atoms with E-state index in [-0.39, 0.29) is 0 Å². The van der Waals surface area contributed by atoms with Crippen LogP contribution in [0.3, 0.4) is 0 Å². The lowest BCUT2D eigenvalue weighted by Gasteiger charge is -2.49. The first-order valence-corrected chi connectivity index (χ1v) is 7.08. The van der Waals surface area contributed by atoms with Gasteiger partial charge in [-0.3, -0.25) is 0 Å². The molecule has 0 heterocycles. The van der Waals surface area contributed by atoms with E-state index in [9.17, 15) is 87.6 Å². The van der Waals surface area contributed by atoms with Crippen molar-refractivity contribution in [3.05, 3.63) is 0 Å². The third-order valence-corrected chi connectivity index (χ3v) is 4.70. The highest BCUT2D eigenvalue weighted by Crippen LogP contribution is 2.67. The van der Waals surface area contributed by atoms with E-state index < -0.39 is 57.1 Å². The van der Waals surface area contributed by atoms with E-state index in [2.05, 4.69) is 0 Å². The van der Waals surface area contributed by atoms with Crippen molar-refractivity contribution in [2.75, 3.05) is 0 Å². The molecule has 0 fully saturated rings. The molecule has 0 saturated heterocycles. The van der Waals surface area contributed by atoms with Gasteiger partial charge < -0.3 is 4.55 Å². The van der Waals surface area contributed by atoms with Gasteiger partial charge >= 0.3 is 47.0 Å². The summed E-state index contributed by atoms with van der Waals surface area (Å²) >= 11 is 0. The van der Waals surface area contributed by atoms with Crippen molar-refractivity contribution in [1.82, 2.24) is 0 Å². The average Bonchev–Trinajstić information content (AvgIpc) is 2.28. The fraction of sp³-hybridized carbons (Fsp3) is 1.00. The summed E-state index contributed by atoms with van der Waals surface area (Å²) in [6.07, 6.45) is -34.1. The van der Waals surface area contributed by atoms with Gasteiger partial charge in [0.05, 0.1) is 0 Å². The molecule has 1 unspecified atom stereocenters. The summed E-state index contributed by atoms with van der Waals surface area (Å²) in [5.74, 6) is -18.2. The van der Waals surface area contributed by atoms with Crippen molar-refractivity contribution in [1.29, 1.82) is 0 Å².